The molecule has 0 amide bonds. The van der Waals surface area contributed by atoms with Crippen molar-refractivity contribution in [1.29, 1.82) is 0 Å². The molecule has 2 heterocycles. The number of aromatic amines is 1. The minimum atomic E-state index is -2.12. The van der Waals surface area contributed by atoms with Crippen LogP contribution in [-0.2, 0) is 9.47 Å². The quantitative estimate of drug-likeness (QED) is 0.706. The van der Waals surface area contributed by atoms with Crippen LogP contribution in [0.5, 0.6) is 0 Å². The molecule has 0 saturated carbocycles. The lowest BCUT2D eigenvalue weighted by Gasteiger charge is -2.16. The van der Waals surface area contributed by atoms with Gasteiger partial charge in [-0.1, -0.05) is 13.8 Å². The monoisotopic (exact) mass is 320 g/mol. The first kappa shape index (κ1) is 18.0. The fraction of sp³-hybridized carbons (Fsp3) is 0.667. The number of aryl methyl sites for hydroxylation is 1. The van der Waals surface area contributed by atoms with Crippen molar-refractivity contribution in [2.75, 3.05) is 6.35 Å². The Morgan fingerprint density at radius 3 is 2.71 bits per heavy atom. The summed E-state index contributed by atoms with van der Waals surface area (Å²) < 4.78 is 11.9. The molecular formula is C12H21N2O6P. The number of hydrogen-bond acceptors (Lipinski definition) is 6. The predicted molar refractivity (Wildman–Crippen MR) is 77.9 cm³/mol. The van der Waals surface area contributed by atoms with E-state index in [-0.39, 0.29) is 6.35 Å². The van der Waals surface area contributed by atoms with Crippen LogP contribution in [0, 0.1) is 6.92 Å². The highest BCUT2D eigenvalue weighted by Crippen LogP contribution is 2.31. The third kappa shape index (κ3) is 5.01. The molecule has 2 atom stereocenters. The van der Waals surface area contributed by atoms with Gasteiger partial charge in [-0.3, -0.25) is 14.3 Å². The van der Waals surface area contributed by atoms with E-state index < -0.39 is 32.1 Å². The van der Waals surface area contributed by atoms with Crippen LogP contribution in [-0.4, -0.2) is 32.0 Å². The summed E-state index contributed by atoms with van der Waals surface area (Å²) in [5.41, 5.74) is -0.534. The summed E-state index contributed by atoms with van der Waals surface area (Å²) >= 11 is 0. The van der Waals surface area contributed by atoms with E-state index in [1.807, 2.05) is 13.8 Å². The van der Waals surface area contributed by atoms with Gasteiger partial charge < -0.3 is 19.3 Å². The van der Waals surface area contributed by atoms with E-state index in [1.54, 1.807) is 6.92 Å². The van der Waals surface area contributed by atoms with Gasteiger partial charge in [-0.2, -0.15) is 0 Å². The van der Waals surface area contributed by atoms with Gasteiger partial charge in [0.05, 0.1) is 0 Å². The summed E-state index contributed by atoms with van der Waals surface area (Å²) in [5, 5.41) is 0. The summed E-state index contributed by atoms with van der Waals surface area (Å²) in [6, 6.07) is 0. The van der Waals surface area contributed by atoms with Crippen molar-refractivity contribution in [3.63, 3.8) is 0 Å². The highest BCUT2D eigenvalue weighted by molar-refractivity contribution is 7.44. The second kappa shape index (κ2) is 8.41. The van der Waals surface area contributed by atoms with E-state index in [9.17, 15) is 9.59 Å². The standard InChI is InChI=1S/C10H15N2O6P.C2H6/c1-6-4-12(10(14)11-9(6)13)7-2-3-8(18-7)17-5-19(15)16;1-2/h4,7-8,15-16H,2-3,5H2,1H3,(H,11,13,14);1-2H3. The number of rotatable bonds is 4. The fourth-order valence-corrected chi connectivity index (χ4v) is 2.17. The average molecular weight is 320 g/mol. The Morgan fingerprint density at radius 1 is 1.43 bits per heavy atom. The highest BCUT2D eigenvalue weighted by atomic mass is 31.2. The van der Waals surface area contributed by atoms with Gasteiger partial charge in [0.1, 0.15) is 12.6 Å². The molecule has 0 aromatic carbocycles. The molecule has 120 valence electrons. The minimum absolute atomic E-state index is 0.188. The summed E-state index contributed by atoms with van der Waals surface area (Å²) in [7, 11) is -2.12. The molecule has 0 spiro atoms. The minimum Gasteiger partial charge on any atom is -0.348 e. The van der Waals surface area contributed by atoms with Gasteiger partial charge >= 0.3 is 5.69 Å². The number of hydrogen-bond donors (Lipinski definition) is 3. The van der Waals surface area contributed by atoms with Crippen LogP contribution in [0.1, 0.15) is 38.5 Å². The SMILES string of the molecule is CC.Cc1cn(C2CCC(OCP(O)O)O2)c(=O)[nH]c1=O. The number of aromatic nitrogens is 2. The van der Waals surface area contributed by atoms with Gasteiger partial charge in [0, 0.05) is 18.2 Å². The Hall–Kier alpha value is -1.05. The zero-order valence-electron chi connectivity index (χ0n) is 12.3. The predicted octanol–water partition coefficient (Wildman–Crippen LogP) is 0.777. The van der Waals surface area contributed by atoms with Crippen molar-refractivity contribution in [1.82, 2.24) is 9.55 Å². The number of ether oxygens (including phenoxy) is 2. The van der Waals surface area contributed by atoms with Gasteiger partial charge in [-0.15, -0.1) is 0 Å². The zero-order chi connectivity index (χ0) is 16.0. The topological polar surface area (TPSA) is 114 Å². The molecule has 1 fully saturated rings. The molecule has 1 aromatic heterocycles. The van der Waals surface area contributed by atoms with Gasteiger partial charge in [0.25, 0.3) is 5.56 Å². The van der Waals surface area contributed by atoms with Crippen molar-refractivity contribution >= 4 is 8.38 Å². The highest BCUT2D eigenvalue weighted by Gasteiger charge is 2.28. The molecule has 9 heteroatoms. The van der Waals surface area contributed by atoms with E-state index in [2.05, 4.69) is 4.98 Å². The van der Waals surface area contributed by atoms with Gasteiger partial charge in [0.2, 0.25) is 0 Å². The van der Waals surface area contributed by atoms with Crippen LogP contribution < -0.4 is 11.2 Å². The van der Waals surface area contributed by atoms with E-state index in [0.717, 1.165) is 0 Å². The number of nitrogens with one attached hydrogen (secondary N) is 1. The maximum absolute atomic E-state index is 11.7. The summed E-state index contributed by atoms with van der Waals surface area (Å²) in [4.78, 5) is 42.6. The molecule has 1 aromatic rings. The van der Waals surface area contributed by atoms with Gasteiger partial charge in [0.15, 0.2) is 14.7 Å². The van der Waals surface area contributed by atoms with E-state index in [1.165, 1.54) is 10.8 Å². The molecular weight excluding hydrogens is 299 g/mol. The molecule has 2 unspecified atom stereocenters. The molecule has 1 saturated heterocycles. The van der Waals surface area contributed by atoms with Crippen LogP contribution in [0.25, 0.3) is 0 Å². The molecule has 8 nitrogen and oxygen atoms in total. The maximum Gasteiger partial charge on any atom is 0.330 e. The summed E-state index contributed by atoms with van der Waals surface area (Å²) in [5.74, 6) is 0. The molecule has 3 N–H and O–H groups in total. The maximum atomic E-state index is 11.7. The fourth-order valence-electron chi connectivity index (χ4n) is 1.87. The first-order valence-corrected chi connectivity index (χ1v) is 8.15. The largest absolute Gasteiger partial charge is 0.348 e. The van der Waals surface area contributed by atoms with Gasteiger partial charge in [-0.25, -0.2) is 4.79 Å². The molecule has 0 aliphatic carbocycles. The lowest BCUT2D eigenvalue weighted by atomic mass is 10.3. The number of H-pyrrole nitrogens is 1. The summed E-state index contributed by atoms with van der Waals surface area (Å²) in [6.07, 6.45) is 1.25. The molecule has 1 aliphatic heterocycles. The van der Waals surface area contributed by atoms with Crippen molar-refractivity contribution in [2.24, 2.45) is 0 Å². The van der Waals surface area contributed by atoms with E-state index in [0.29, 0.717) is 18.4 Å². The van der Waals surface area contributed by atoms with Crippen molar-refractivity contribution in [3.8, 4) is 0 Å². The third-order valence-corrected chi connectivity index (χ3v) is 3.17. The smallest absolute Gasteiger partial charge is 0.330 e. The Labute approximate surface area is 123 Å². The van der Waals surface area contributed by atoms with Crippen molar-refractivity contribution < 1.29 is 19.3 Å². The molecule has 21 heavy (non-hydrogen) atoms. The van der Waals surface area contributed by atoms with Crippen LogP contribution in [0.4, 0.5) is 0 Å². The van der Waals surface area contributed by atoms with Crippen LogP contribution in [0.15, 0.2) is 15.8 Å². The average Bonchev–Trinajstić information content (AvgIpc) is 2.91. The van der Waals surface area contributed by atoms with Crippen molar-refractivity contribution in [3.05, 3.63) is 32.6 Å². The van der Waals surface area contributed by atoms with Crippen LogP contribution >= 0.6 is 8.38 Å². The Bertz CT molecular complexity index is 555. The normalized spacial score (nSPS) is 21.2. The zero-order valence-corrected chi connectivity index (χ0v) is 13.2. The van der Waals surface area contributed by atoms with Gasteiger partial charge in [-0.05, 0) is 13.3 Å². The van der Waals surface area contributed by atoms with E-state index in [4.69, 9.17) is 19.3 Å². The lowest BCUT2D eigenvalue weighted by molar-refractivity contribution is -0.141. The molecule has 1 aliphatic rings. The van der Waals surface area contributed by atoms with Crippen LogP contribution in [0.3, 0.4) is 0 Å². The van der Waals surface area contributed by atoms with E-state index >= 15 is 0 Å². The Morgan fingerprint density at radius 2 is 2.10 bits per heavy atom. The first-order chi connectivity index (χ1) is 9.97. The summed E-state index contributed by atoms with van der Waals surface area (Å²) in [6.45, 7) is 5.60. The molecule has 0 radical (unpaired) electrons. The Kier molecular flexibility index (Phi) is 7.21. The molecule has 0 bridgehead atoms. The second-order valence-electron chi connectivity index (χ2n) is 4.24. The third-order valence-electron chi connectivity index (χ3n) is 2.79. The second-order valence-corrected chi connectivity index (χ2v) is 5.25. The first-order valence-electron chi connectivity index (χ1n) is 6.72. The van der Waals surface area contributed by atoms with Crippen molar-refractivity contribution in [2.45, 2.75) is 46.1 Å². The molecule has 2 rings (SSSR count). The number of nitrogens with zero attached hydrogens (tertiary/aromatic N) is 1. The lowest BCUT2D eigenvalue weighted by Crippen LogP contribution is -2.33. The Balaban J connectivity index is 0.00000106. The van der Waals surface area contributed by atoms with Crippen LogP contribution in [0.2, 0.25) is 0 Å².